The predicted octanol–water partition coefficient (Wildman–Crippen LogP) is 7.79. The third kappa shape index (κ3) is 6.77. The smallest absolute Gasteiger partial charge is 0.166 e. The molecule has 3 aliphatic carbocycles. The molecular formula is C39H50N4O4S2. The highest BCUT2D eigenvalue weighted by atomic mass is 33.1. The van der Waals surface area contributed by atoms with Gasteiger partial charge in [-0.25, -0.2) is 4.98 Å². The molecule has 1 spiro atoms. The quantitative estimate of drug-likeness (QED) is 0.217. The number of nitrogens with one attached hydrogen (secondary N) is 1. The van der Waals surface area contributed by atoms with Crippen molar-refractivity contribution in [3.63, 3.8) is 0 Å². The highest BCUT2D eigenvalue weighted by Crippen LogP contribution is 2.61. The van der Waals surface area contributed by atoms with E-state index in [9.17, 15) is 14.7 Å². The first kappa shape index (κ1) is 34.5. The number of aromatic nitrogens is 2. The van der Waals surface area contributed by atoms with Crippen molar-refractivity contribution in [1.82, 2.24) is 14.9 Å². The van der Waals surface area contributed by atoms with Gasteiger partial charge in [0, 0.05) is 36.7 Å². The number of carbonyl (C=O) groups is 2. The molecule has 7 rings (SSSR count). The van der Waals surface area contributed by atoms with Crippen molar-refractivity contribution in [2.24, 2.45) is 17.1 Å². The lowest BCUT2D eigenvalue weighted by molar-refractivity contribution is -0.125. The van der Waals surface area contributed by atoms with E-state index in [2.05, 4.69) is 34.1 Å². The van der Waals surface area contributed by atoms with Crippen LogP contribution in [0.25, 0.3) is 6.08 Å². The van der Waals surface area contributed by atoms with Crippen LogP contribution in [0, 0.1) is 11.3 Å². The Labute approximate surface area is 298 Å². The lowest BCUT2D eigenvalue weighted by Gasteiger charge is -2.43. The number of nitrogens with zero attached hydrogens (tertiary/aromatic N) is 2. The van der Waals surface area contributed by atoms with E-state index in [1.165, 1.54) is 44.8 Å². The fraction of sp³-hybridized carbons (Fsp3) is 0.564. The number of hydrogen-bond donors (Lipinski definition) is 3. The Morgan fingerprint density at radius 3 is 2.71 bits per heavy atom. The number of methoxy groups -OCH3 is 1. The molecule has 5 atom stereocenters. The molecule has 3 heterocycles. The Kier molecular flexibility index (Phi) is 10.1. The minimum absolute atomic E-state index is 0.0120. The number of dihydropyridines is 1. The minimum atomic E-state index is -0.353. The maximum atomic E-state index is 13.6. The fourth-order valence-corrected chi connectivity index (χ4v) is 13.0. The maximum Gasteiger partial charge on any atom is 0.166 e. The van der Waals surface area contributed by atoms with Crippen molar-refractivity contribution in [2.45, 2.75) is 113 Å². The maximum absolute atomic E-state index is 13.6. The number of carbonyl (C=O) groups excluding carboxylic acids is 2. The van der Waals surface area contributed by atoms with Crippen molar-refractivity contribution >= 4 is 39.2 Å². The second kappa shape index (κ2) is 14.3. The van der Waals surface area contributed by atoms with Crippen molar-refractivity contribution in [1.29, 1.82) is 0 Å². The van der Waals surface area contributed by atoms with Crippen molar-refractivity contribution in [2.75, 3.05) is 12.9 Å². The zero-order valence-corrected chi connectivity index (χ0v) is 30.4. The van der Waals surface area contributed by atoms with Crippen LogP contribution in [0.3, 0.4) is 0 Å². The molecule has 0 radical (unpaired) electrons. The lowest BCUT2D eigenvalue weighted by atomic mass is 9.77. The van der Waals surface area contributed by atoms with Gasteiger partial charge in [0.1, 0.15) is 5.78 Å². The van der Waals surface area contributed by atoms with Gasteiger partial charge in [-0.3, -0.25) is 9.59 Å². The normalized spacial score (nSPS) is 30.6. The van der Waals surface area contributed by atoms with E-state index in [0.717, 1.165) is 48.1 Å². The standard InChI is InChI=1S/C39H50N4O4S2/c1-3-25-6-8-29(44)19-33(45)26-7-9-30(31-20-34(46)35(47-2)18-27(31)16-26)28-17-32(37(40)42-21-28)36(49-48-22-25)39(43-15-14-41-24-43)13-12-38(23-39)10-4-5-11-38/h14-18,20-21,24-25,30,36-37,42,46H,3-13,19,22-23,40H2,1-2H3/t25-,30+,36-,37?,39-/m0/s1. The summed E-state index contributed by atoms with van der Waals surface area (Å²) in [5.41, 5.74) is 11.9. The van der Waals surface area contributed by atoms with E-state index >= 15 is 0 Å². The summed E-state index contributed by atoms with van der Waals surface area (Å²) in [5.74, 6) is 1.55. The Balaban J connectivity index is 1.36. The van der Waals surface area contributed by atoms with Crippen LogP contribution in [0.1, 0.15) is 107 Å². The number of phenolic OH excluding ortho intramolecular Hbond substituents is 1. The second-order valence-corrected chi connectivity index (χ2v) is 17.5. The Bertz CT molecular complexity index is 1660. The van der Waals surface area contributed by atoms with E-state index in [0.29, 0.717) is 41.9 Å². The number of imidazole rings is 1. The third-order valence-corrected chi connectivity index (χ3v) is 15.2. The average molecular weight is 703 g/mol. The number of phenols is 1. The lowest BCUT2D eigenvalue weighted by Crippen LogP contribution is -2.50. The van der Waals surface area contributed by atoms with Crippen LogP contribution >= 0.6 is 21.6 Å². The summed E-state index contributed by atoms with van der Waals surface area (Å²) in [6.07, 6.45) is 23.9. The van der Waals surface area contributed by atoms with Crippen LogP contribution in [-0.2, 0) is 15.1 Å². The monoisotopic (exact) mass is 702 g/mol. The number of allylic oxidation sites excluding steroid dienone is 3. The van der Waals surface area contributed by atoms with E-state index in [1.807, 2.05) is 52.5 Å². The van der Waals surface area contributed by atoms with Gasteiger partial charge in [0.15, 0.2) is 17.3 Å². The molecule has 4 N–H and O–H groups in total. The first-order chi connectivity index (χ1) is 23.7. The highest BCUT2D eigenvalue weighted by Gasteiger charge is 2.55. The van der Waals surface area contributed by atoms with E-state index in [4.69, 9.17) is 10.5 Å². The highest BCUT2D eigenvalue weighted by molar-refractivity contribution is 8.77. The summed E-state index contributed by atoms with van der Waals surface area (Å²) in [7, 11) is 5.40. The molecule has 4 bridgehead atoms. The number of hydrogen-bond acceptors (Lipinski definition) is 9. The molecular weight excluding hydrogens is 653 g/mol. The Morgan fingerprint density at radius 1 is 1.12 bits per heavy atom. The predicted molar refractivity (Wildman–Crippen MR) is 198 cm³/mol. The largest absolute Gasteiger partial charge is 0.504 e. The summed E-state index contributed by atoms with van der Waals surface area (Å²) in [6, 6.07) is 3.61. The van der Waals surface area contributed by atoms with Gasteiger partial charge in [-0.05, 0) is 109 Å². The third-order valence-electron chi connectivity index (χ3n) is 12.2. The zero-order chi connectivity index (χ0) is 34.2. The molecule has 0 saturated heterocycles. The molecule has 8 nitrogen and oxygen atoms in total. The number of ether oxygens (including phenoxy) is 1. The Hall–Kier alpha value is -2.95. The number of aromatic hydroxyl groups is 1. The Morgan fingerprint density at radius 2 is 1.96 bits per heavy atom. The van der Waals surface area contributed by atoms with Gasteiger partial charge in [-0.2, -0.15) is 0 Å². The van der Waals surface area contributed by atoms with Crippen molar-refractivity contribution in [3.8, 4) is 11.5 Å². The van der Waals surface area contributed by atoms with Crippen LogP contribution in [0.4, 0.5) is 0 Å². The number of benzene rings is 1. The summed E-state index contributed by atoms with van der Waals surface area (Å²) < 4.78 is 7.90. The average Bonchev–Trinajstić information content (AvgIpc) is 3.86. The van der Waals surface area contributed by atoms with Crippen molar-refractivity contribution < 1.29 is 19.4 Å². The van der Waals surface area contributed by atoms with E-state index in [1.54, 1.807) is 6.07 Å². The van der Waals surface area contributed by atoms with E-state index < -0.39 is 0 Å². The summed E-state index contributed by atoms with van der Waals surface area (Å²) in [4.78, 5) is 31.4. The molecule has 1 aromatic heterocycles. The second-order valence-electron chi connectivity index (χ2n) is 15.0. The van der Waals surface area contributed by atoms with E-state index in [-0.39, 0.29) is 46.6 Å². The molecule has 262 valence electrons. The van der Waals surface area contributed by atoms with Gasteiger partial charge in [0.05, 0.1) is 36.8 Å². The molecule has 5 aliphatic rings. The number of nitrogens with two attached hydrogens (primary N) is 1. The molecule has 49 heavy (non-hydrogen) atoms. The van der Waals surface area contributed by atoms with Gasteiger partial charge in [-0.1, -0.05) is 53.9 Å². The molecule has 2 fully saturated rings. The first-order valence-electron chi connectivity index (χ1n) is 18.1. The molecule has 1 unspecified atom stereocenters. The van der Waals surface area contributed by atoms with Crippen LogP contribution in [-0.4, -0.2) is 50.5 Å². The van der Waals surface area contributed by atoms with Crippen LogP contribution in [0.2, 0.25) is 0 Å². The zero-order valence-electron chi connectivity index (χ0n) is 28.8. The molecule has 2 saturated carbocycles. The number of Topliss-reactive ketones (excluding diaryl/α,β-unsaturated/α-hetero) is 2. The molecule has 10 heteroatoms. The SMILES string of the molecule is CC[C@H]1CCC(=O)CC(=O)C2=Cc3cc(OC)c(O)cc3[C@H](CC2)C2=CNC(N)C(=C2)[C@@H]([C@]2(n3ccnc3)CCC3(CCCC3)C2)SSC1. The van der Waals surface area contributed by atoms with Crippen LogP contribution in [0.5, 0.6) is 11.5 Å². The van der Waals surface area contributed by atoms with Crippen LogP contribution < -0.4 is 15.8 Å². The van der Waals surface area contributed by atoms with Gasteiger partial charge < -0.3 is 25.5 Å². The van der Waals surface area contributed by atoms with Gasteiger partial charge in [0.25, 0.3) is 0 Å². The van der Waals surface area contributed by atoms with Gasteiger partial charge in [-0.15, -0.1) is 0 Å². The number of rotatable bonds is 4. The van der Waals surface area contributed by atoms with Gasteiger partial charge in [0.2, 0.25) is 0 Å². The molecule has 0 amide bonds. The molecule has 2 aromatic rings. The minimum Gasteiger partial charge on any atom is -0.504 e. The summed E-state index contributed by atoms with van der Waals surface area (Å²) in [5, 5.41) is 14.6. The van der Waals surface area contributed by atoms with Crippen LogP contribution in [0.15, 0.2) is 59.8 Å². The number of fused-ring (bicyclic) bond motifs is 7. The summed E-state index contributed by atoms with van der Waals surface area (Å²) >= 11 is 0. The fourth-order valence-electron chi connectivity index (χ4n) is 9.29. The van der Waals surface area contributed by atoms with Crippen molar-refractivity contribution in [3.05, 3.63) is 71.0 Å². The summed E-state index contributed by atoms with van der Waals surface area (Å²) in [6.45, 7) is 2.20. The number of ketones is 2. The molecule has 2 aliphatic heterocycles. The topological polar surface area (TPSA) is 119 Å². The molecule has 1 aromatic carbocycles. The first-order valence-corrected chi connectivity index (χ1v) is 20.5. The van der Waals surface area contributed by atoms with Gasteiger partial charge >= 0.3 is 0 Å².